The molecule has 0 aliphatic carbocycles. The topological polar surface area (TPSA) is 103 Å². The van der Waals surface area contributed by atoms with Crippen LogP contribution in [0.15, 0.2) is 24.5 Å². The largest absolute Gasteiger partial charge is 0.333 e. The Morgan fingerprint density at radius 1 is 1.19 bits per heavy atom. The van der Waals surface area contributed by atoms with Gasteiger partial charge in [0, 0.05) is 36.6 Å². The molecule has 7 nitrogen and oxygen atoms in total. The van der Waals surface area contributed by atoms with E-state index >= 15 is 0 Å². The predicted octanol–water partition coefficient (Wildman–Crippen LogP) is 1.31. The summed E-state index contributed by atoms with van der Waals surface area (Å²) in [4.78, 5) is 33.4. The number of amides is 2. The molecule has 7 heteroatoms. The number of carbonyl (C=O) groups is 2. The SMILES string of the molecule is N#CC1CCCN1C(=O)C(N)C1CC2CCC(C1)N2C(=O)c1ccncc1. The standard InChI is InChI=1S/C20H25N5O2/c21-12-17-2-1-9-24(17)20(27)18(22)14-10-15-3-4-16(11-14)25(15)19(26)13-5-7-23-8-6-13/h5-8,14-18H,1-4,9-11,22H2. The maximum absolute atomic E-state index is 12.9. The van der Waals surface area contributed by atoms with Gasteiger partial charge in [-0.15, -0.1) is 0 Å². The molecule has 142 valence electrons. The molecule has 2 amide bonds. The first kappa shape index (κ1) is 17.9. The van der Waals surface area contributed by atoms with Crippen molar-refractivity contribution in [1.82, 2.24) is 14.8 Å². The highest BCUT2D eigenvalue weighted by Crippen LogP contribution is 2.40. The van der Waals surface area contributed by atoms with Crippen LogP contribution in [0.25, 0.3) is 0 Å². The number of likely N-dealkylation sites (tertiary alicyclic amines) is 1. The van der Waals surface area contributed by atoms with Crippen LogP contribution in [0, 0.1) is 17.2 Å². The summed E-state index contributed by atoms with van der Waals surface area (Å²) in [5.41, 5.74) is 7.02. The van der Waals surface area contributed by atoms with Gasteiger partial charge in [-0.05, 0) is 56.6 Å². The molecule has 3 aliphatic heterocycles. The minimum Gasteiger partial charge on any atom is -0.333 e. The first-order valence-electron chi connectivity index (χ1n) is 9.78. The minimum atomic E-state index is -0.583. The van der Waals surface area contributed by atoms with Gasteiger partial charge in [-0.1, -0.05) is 0 Å². The molecular weight excluding hydrogens is 342 g/mol. The van der Waals surface area contributed by atoms with Crippen LogP contribution in [0.4, 0.5) is 0 Å². The highest BCUT2D eigenvalue weighted by atomic mass is 16.2. The zero-order chi connectivity index (χ0) is 19.0. The van der Waals surface area contributed by atoms with Gasteiger partial charge in [-0.2, -0.15) is 5.26 Å². The van der Waals surface area contributed by atoms with Gasteiger partial charge >= 0.3 is 0 Å². The molecule has 4 atom stereocenters. The molecule has 3 aliphatic rings. The Morgan fingerprint density at radius 2 is 1.85 bits per heavy atom. The summed E-state index contributed by atoms with van der Waals surface area (Å²) in [6, 6.07) is 5.06. The van der Waals surface area contributed by atoms with Crippen molar-refractivity contribution in [2.24, 2.45) is 11.7 Å². The van der Waals surface area contributed by atoms with E-state index in [4.69, 9.17) is 5.73 Å². The zero-order valence-corrected chi connectivity index (χ0v) is 15.3. The first-order chi connectivity index (χ1) is 13.1. The van der Waals surface area contributed by atoms with Crippen LogP contribution in [-0.2, 0) is 4.79 Å². The maximum atomic E-state index is 12.9. The van der Waals surface area contributed by atoms with Gasteiger partial charge in [0.25, 0.3) is 5.91 Å². The highest BCUT2D eigenvalue weighted by Gasteiger charge is 2.46. The van der Waals surface area contributed by atoms with Crippen molar-refractivity contribution in [3.8, 4) is 6.07 Å². The molecule has 4 heterocycles. The normalized spacial score (nSPS) is 30.8. The van der Waals surface area contributed by atoms with Gasteiger partial charge in [0.2, 0.25) is 5.91 Å². The van der Waals surface area contributed by atoms with Crippen molar-refractivity contribution in [3.05, 3.63) is 30.1 Å². The highest BCUT2D eigenvalue weighted by molar-refractivity contribution is 5.94. The monoisotopic (exact) mass is 367 g/mol. The molecule has 0 saturated carbocycles. The summed E-state index contributed by atoms with van der Waals surface area (Å²) in [5.74, 6) is 0.0149. The summed E-state index contributed by atoms with van der Waals surface area (Å²) in [7, 11) is 0. The van der Waals surface area contributed by atoms with E-state index in [1.165, 1.54) is 0 Å². The Labute approximate surface area is 159 Å². The van der Waals surface area contributed by atoms with E-state index in [-0.39, 0.29) is 35.9 Å². The third-order valence-corrected chi connectivity index (χ3v) is 6.41. The number of aromatic nitrogens is 1. The number of hydrogen-bond acceptors (Lipinski definition) is 5. The fourth-order valence-corrected chi connectivity index (χ4v) is 5.05. The molecule has 3 saturated heterocycles. The van der Waals surface area contributed by atoms with Crippen molar-refractivity contribution in [1.29, 1.82) is 5.26 Å². The molecule has 3 fully saturated rings. The average molecular weight is 367 g/mol. The van der Waals surface area contributed by atoms with Crippen molar-refractivity contribution in [2.45, 2.75) is 62.7 Å². The fraction of sp³-hybridized carbons (Fsp3) is 0.600. The Morgan fingerprint density at radius 3 is 2.48 bits per heavy atom. The Balaban J connectivity index is 1.45. The second kappa shape index (κ2) is 7.28. The second-order valence-electron chi connectivity index (χ2n) is 7.91. The minimum absolute atomic E-state index is 0.0485. The van der Waals surface area contributed by atoms with Gasteiger partial charge in [0.1, 0.15) is 6.04 Å². The number of rotatable bonds is 3. The van der Waals surface area contributed by atoms with Crippen LogP contribution >= 0.6 is 0 Å². The van der Waals surface area contributed by atoms with Gasteiger partial charge in [0.05, 0.1) is 12.1 Å². The first-order valence-corrected chi connectivity index (χ1v) is 9.78. The van der Waals surface area contributed by atoms with Crippen LogP contribution < -0.4 is 5.73 Å². The van der Waals surface area contributed by atoms with Crippen LogP contribution in [0.5, 0.6) is 0 Å². The van der Waals surface area contributed by atoms with Crippen molar-refractivity contribution >= 4 is 11.8 Å². The fourth-order valence-electron chi connectivity index (χ4n) is 5.05. The van der Waals surface area contributed by atoms with E-state index in [0.717, 1.165) is 38.5 Å². The van der Waals surface area contributed by atoms with E-state index in [0.29, 0.717) is 12.1 Å². The van der Waals surface area contributed by atoms with Crippen LogP contribution in [0.2, 0.25) is 0 Å². The third-order valence-electron chi connectivity index (χ3n) is 6.41. The van der Waals surface area contributed by atoms with Crippen LogP contribution in [-0.4, -0.2) is 57.3 Å². The number of nitriles is 1. The number of piperidine rings is 1. The number of carbonyl (C=O) groups excluding carboxylic acids is 2. The molecule has 4 rings (SSSR count). The molecule has 1 aromatic heterocycles. The lowest BCUT2D eigenvalue weighted by Gasteiger charge is -2.41. The molecule has 0 radical (unpaired) electrons. The van der Waals surface area contributed by atoms with Gasteiger partial charge in [0.15, 0.2) is 0 Å². The number of nitrogens with two attached hydrogens (primary N) is 1. The van der Waals surface area contributed by atoms with Gasteiger partial charge in [-0.25, -0.2) is 0 Å². The summed E-state index contributed by atoms with van der Waals surface area (Å²) >= 11 is 0. The number of nitrogens with zero attached hydrogens (tertiary/aromatic N) is 4. The number of hydrogen-bond donors (Lipinski definition) is 1. The number of fused-ring (bicyclic) bond motifs is 2. The van der Waals surface area contributed by atoms with Crippen molar-refractivity contribution < 1.29 is 9.59 Å². The van der Waals surface area contributed by atoms with E-state index in [9.17, 15) is 14.9 Å². The Hall–Kier alpha value is -2.46. The molecule has 0 aromatic carbocycles. The van der Waals surface area contributed by atoms with Crippen molar-refractivity contribution in [2.75, 3.05) is 6.54 Å². The lowest BCUT2D eigenvalue weighted by molar-refractivity contribution is -0.134. The van der Waals surface area contributed by atoms with E-state index in [1.807, 2.05) is 4.90 Å². The zero-order valence-electron chi connectivity index (χ0n) is 15.3. The summed E-state index contributed by atoms with van der Waals surface area (Å²) in [5, 5.41) is 9.24. The average Bonchev–Trinajstić information content (AvgIpc) is 3.28. The quantitative estimate of drug-likeness (QED) is 0.867. The molecule has 27 heavy (non-hydrogen) atoms. The smallest absolute Gasteiger partial charge is 0.254 e. The van der Waals surface area contributed by atoms with Crippen molar-refractivity contribution in [3.63, 3.8) is 0 Å². The predicted molar refractivity (Wildman–Crippen MR) is 98.3 cm³/mol. The van der Waals surface area contributed by atoms with E-state index in [2.05, 4.69) is 11.1 Å². The van der Waals surface area contributed by atoms with Crippen LogP contribution in [0.1, 0.15) is 48.9 Å². The lowest BCUT2D eigenvalue weighted by Crippen LogP contribution is -2.54. The molecule has 1 aromatic rings. The van der Waals surface area contributed by atoms with E-state index in [1.54, 1.807) is 29.4 Å². The third kappa shape index (κ3) is 3.19. The van der Waals surface area contributed by atoms with E-state index < -0.39 is 6.04 Å². The molecule has 4 unspecified atom stereocenters. The summed E-state index contributed by atoms with van der Waals surface area (Å²) in [6.07, 6.45) is 8.31. The summed E-state index contributed by atoms with van der Waals surface area (Å²) < 4.78 is 0. The lowest BCUT2D eigenvalue weighted by atomic mass is 9.84. The van der Waals surface area contributed by atoms with Gasteiger partial charge < -0.3 is 15.5 Å². The Bertz CT molecular complexity index is 747. The Kier molecular flexibility index (Phi) is 4.83. The molecule has 2 N–H and O–H groups in total. The second-order valence-corrected chi connectivity index (χ2v) is 7.91. The maximum Gasteiger partial charge on any atom is 0.254 e. The van der Waals surface area contributed by atoms with Crippen LogP contribution in [0.3, 0.4) is 0 Å². The molecule has 0 spiro atoms. The molecular formula is C20H25N5O2. The van der Waals surface area contributed by atoms with Gasteiger partial charge in [-0.3, -0.25) is 14.6 Å². The number of pyridine rings is 1. The summed E-state index contributed by atoms with van der Waals surface area (Å²) in [6.45, 7) is 0.622. The molecule has 2 bridgehead atoms.